The van der Waals surface area contributed by atoms with Crippen LogP contribution in [0.15, 0.2) is 12.7 Å². The standard InChI is InChI=1S/C13H24O2/c1-5-7-9-11-12(10-8-6-2)15-13(3,4)14-11/h5,11-12H,1,6-10H2,2-4H3/t11-,12+/m1/s1. The largest absolute Gasteiger partial charge is 0.345 e. The van der Waals surface area contributed by atoms with E-state index in [1.807, 2.05) is 19.9 Å². The molecule has 1 saturated heterocycles. The number of rotatable bonds is 6. The van der Waals surface area contributed by atoms with Crippen molar-refractivity contribution in [2.75, 3.05) is 0 Å². The monoisotopic (exact) mass is 212 g/mol. The second-order valence-corrected chi connectivity index (χ2v) is 4.72. The van der Waals surface area contributed by atoms with Crippen LogP contribution in [-0.4, -0.2) is 18.0 Å². The summed E-state index contributed by atoms with van der Waals surface area (Å²) in [6.07, 6.45) is 8.06. The minimum atomic E-state index is -0.399. The van der Waals surface area contributed by atoms with Gasteiger partial charge in [0.15, 0.2) is 5.79 Å². The molecule has 0 unspecified atom stereocenters. The zero-order valence-electron chi connectivity index (χ0n) is 10.3. The molecule has 1 rings (SSSR count). The summed E-state index contributed by atoms with van der Waals surface area (Å²) in [5.41, 5.74) is 0. The smallest absolute Gasteiger partial charge is 0.163 e. The van der Waals surface area contributed by atoms with Crippen LogP contribution < -0.4 is 0 Å². The molecular weight excluding hydrogens is 188 g/mol. The van der Waals surface area contributed by atoms with Gasteiger partial charge in [0.2, 0.25) is 0 Å². The van der Waals surface area contributed by atoms with E-state index in [0.29, 0.717) is 0 Å². The normalized spacial score (nSPS) is 29.3. The summed E-state index contributed by atoms with van der Waals surface area (Å²) < 4.78 is 11.8. The molecule has 1 aliphatic heterocycles. The molecular formula is C13H24O2. The number of allylic oxidation sites excluding steroid dienone is 1. The van der Waals surface area contributed by atoms with Crippen LogP contribution in [0.1, 0.15) is 52.9 Å². The zero-order chi connectivity index (χ0) is 11.3. The number of hydrogen-bond donors (Lipinski definition) is 0. The van der Waals surface area contributed by atoms with Crippen molar-refractivity contribution in [2.45, 2.75) is 70.9 Å². The van der Waals surface area contributed by atoms with Crippen molar-refractivity contribution in [2.24, 2.45) is 0 Å². The van der Waals surface area contributed by atoms with Crippen molar-refractivity contribution >= 4 is 0 Å². The summed E-state index contributed by atoms with van der Waals surface area (Å²) in [6.45, 7) is 9.96. The quantitative estimate of drug-likeness (QED) is 0.625. The summed E-state index contributed by atoms with van der Waals surface area (Å²) in [6, 6.07) is 0. The Balaban J connectivity index is 2.45. The van der Waals surface area contributed by atoms with E-state index >= 15 is 0 Å². The van der Waals surface area contributed by atoms with Crippen LogP contribution in [0, 0.1) is 0 Å². The van der Waals surface area contributed by atoms with Gasteiger partial charge in [0.1, 0.15) is 0 Å². The zero-order valence-corrected chi connectivity index (χ0v) is 10.3. The fourth-order valence-corrected chi connectivity index (χ4v) is 2.09. The van der Waals surface area contributed by atoms with Gasteiger partial charge in [-0.05, 0) is 33.1 Å². The Hall–Kier alpha value is -0.340. The molecule has 0 saturated carbocycles. The Kier molecular flexibility index (Phi) is 4.81. The van der Waals surface area contributed by atoms with Crippen LogP contribution in [0.2, 0.25) is 0 Å². The SMILES string of the molecule is C=CCC[C@H]1OC(C)(C)O[C@H]1CCCC. The molecule has 0 amide bonds. The molecule has 1 heterocycles. The highest BCUT2D eigenvalue weighted by Gasteiger charge is 2.39. The van der Waals surface area contributed by atoms with Gasteiger partial charge in [0.05, 0.1) is 12.2 Å². The number of unbranched alkanes of at least 4 members (excludes halogenated alkanes) is 1. The number of ether oxygens (including phenoxy) is 2. The first-order chi connectivity index (χ1) is 7.09. The van der Waals surface area contributed by atoms with Crippen molar-refractivity contribution in [3.63, 3.8) is 0 Å². The van der Waals surface area contributed by atoms with Crippen molar-refractivity contribution < 1.29 is 9.47 Å². The molecule has 0 aliphatic carbocycles. The highest BCUT2D eigenvalue weighted by molar-refractivity contribution is 4.83. The predicted molar refractivity (Wildman–Crippen MR) is 62.8 cm³/mol. The molecule has 2 atom stereocenters. The lowest BCUT2D eigenvalue weighted by molar-refractivity contribution is -0.147. The van der Waals surface area contributed by atoms with Gasteiger partial charge in [-0.15, -0.1) is 6.58 Å². The maximum Gasteiger partial charge on any atom is 0.163 e. The second-order valence-electron chi connectivity index (χ2n) is 4.72. The molecule has 0 radical (unpaired) electrons. The molecule has 0 aromatic rings. The van der Waals surface area contributed by atoms with Crippen LogP contribution in [-0.2, 0) is 9.47 Å². The Morgan fingerprint density at radius 2 is 1.80 bits per heavy atom. The van der Waals surface area contributed by atoms with Crippen molar-refractivity contribution in [1.82, 2.24) is 0 Å². The third-order valence-corrected chi connectivity index (χ3v) is 2.78. The average Bonchev–Trinajstić information content (AvgIpc) is 2.47. The van der Waals surface area contributed by atoms with E-state index in [1.54, 1.807) is 0 Å². The van der Waals surface area contributed by atoms with Crippen molar-refractivity contribution in [1.29, 1.82) is 0 Å². The van der Waals surface area contributed by atoms with Gasteiger partial charge in [-0.25, -0.2) is 0 Å². The van der Waals surface area contributed by atoms with Crippen molar-refractivity contribution in [3.05, 3.63) is 12.7 Å². The van der Waals surface area contributed by atoms with E-state index in [-0.39, 0.29) is 12.2 Å². The Morgan fingerprint density at radius 3 is 2.33 bits per heavy atom. The van der Waals surface area contributed by atoms with Gasteiger partial charge < -0.3 is 9.47 Å². The minimum Gasteiger partial charge on any atom is -0.345 e. The van der Waals surface area contributed by atoms with E-state index in [4.69, 9.17) is 9.47 Å². The Morgan fingerprint density at radius 1 is 1.20 bits per heavy atom. The first kappa shape index (κ1) is 12.7. The summed E-state index contributed by atoms with van der Waals surface area (Å²) in [4.78, 5) is 0. The van der Waals surface area contributed by atoms with Gasteiger partial charge in [0.25, 0.3) is 0 Å². The molecule has 15 heavy (non-hydrogen) atoms. The molecule has 2 heteroatoms. The van der Waals surface area contributed by atoms with E-state index < -0.39 is 5.79 Å². The fraction of sp³-hybridized carbons (Fsp3) is 0.846. The maximum atomic E-state index is 5.90. The van der Waals surface area contributed by atoms with Gasteiger partial charge in [-0.3, -0.25) is 0 Å². The average molecular weight is 212 g/mol. The van der Waals surface area contributed by atoms with Gasteiger partial charge >= 0.3 is 0 Å². The molecule has 1 aliphatic rings. The Bertz CT molecular complexity index is 199. The lowest BCUT2D eigenvalue weighted by Gasteiger charge is -2.16. The third-order valence-electron chi connectivity index (χ3n) is 2.78. The van der Waals surface area contributed by atoms with Crippen LogP contribution >= 0.6 is 0 Å². The molecule has 0 N–H and O–H groups in total. The summed E-state index contributed by atoms with van der Waals surface area (Å²) in [5.74, 6) is -0.399. The predicted octanol–water partition coefficient (Wildman–Crippen LogP) is 3.66. The summed E-state index contributed by atoms with van der Waals surface area (Å²) in [5, 5.41) is 0. The van der Waals surface area contributed by atoms with Gasteiger partial charge in [-0.2, -0.15) is 0 Å². The van der Waals surface area contributed by atoms with E-state index in [2.05, 4.69) is 13.5 Å². The topological polar surface area (TPSA) is 18.5 Å². The molecule has 88 valence electrons. The van der Waals surface area contributed by atoms with E-state index in [1.165, 1.54) is 12.8 Å². The van der Waals surface area contributed by atoms with Crippen LogP contribution in [0.4, 0.5) is 0 Å². The maximum absolute atomic E-state index is 5.90. The molecule has 0 spiro atoms. The first-order valence-corrected chi connectivity index (χ1v) is 6.05. The first-order valence-electron chi connectivity index (χ1n) is 6.05. The van der Waals surface area contributed by atoms with Gasteiger partial charge in [0, 0.05) is 0 Å². The van der Waals surface area contributed by atoms with Gasteiger partial charge in [-0.1, -0.05) is 25.8 Å². The minimum absolute atomic E-state index is 0.254. The van der Waals surface area contributed by atoms with Crippen LogP contribution in [0.5, 0.6) is 0 Å². The molecule has 2 nitrogen and oxygen atoms in total. The molecule has 1 fully saturated rings. The van der Waals surface area contributed by atoms with Crippen LogP contribution in [0.3, 0.4) is 0 Å². The van der Waals surface area contributed by atoms with E-state index in [0.717, 1.165) is 19.3 Å². The lowest BCUT2D eigenvalue weighted by Crippen LogP contribution is -2.22. The third kappa shape index (κ3) is 3.96. The summed E-state index contributed by atoms with van der Waals surface area (Å²) >= 11 is 0. The highest BCUT2D eigenvalue weighted by Crippen LogP contribution is 2.32. The molecule has 0 bridgehead atoms. The second kappa shape index (κ2) is 5.66. The highest BCUT2D eigenvalue weighted by atomic mass is 16.7. The van der Waals surface area contributed by atoms with Crippen LogP contribution in [0.25, 0.3) is 0 Å². The Labute approximate surface area is 93.7 Å². The summed E-state index contributed by atoms with van der Waals surface area (Å²) in [7, 11) is 0. The molecule has 0 aromatic carbocycles. The fourth-order valence-electron chi connectivity index (χ4n) is 2.09. The molecule has 0 aromatic heterocycles. The lowest BCUT2D eigenvalue weighted by atomic mass is 10.0. The van der Waals surface area contributed by atoms with E-state index in [9.17, 15) is 0 Å². The van der Waals surface area contributed by atoms with Crippen molar-refractivity contribution in [3.8, 4) is 0 Å². The number of hydrogen-bond acceptors (Lipinski definition) is 2.